The van der Waals surface area contributed by atoms with Gasteiger partial charge in [0, 0.05) is 6.20 Å². The molecule has 1 rings (SSSR count). The molecule has 0 aliphatic carbocycles. The second-order valence-corrected chi connectivity index (χ2v) is 2.01. The molecular formula is C6H7F3N2O2. The third-order valence-electron chi connectivity index (χ3n) is 0.877. The van der Waals surface area contributed by atoms with E-state index in [9.17, 15) is 13.2 Å². The van der Waals surface area contributed by atoms with Crippen molar-refractivity contribution < 1.29 is 23.1 Å². The van der Waals surface area contributed by atoms with Gasteiger partial charge in [0.2, 0.25) is 0 Å². The standard InChI is InChI=1S/C4H6N2.C2HF3O2/c1-4-2-5-3-6-4;3-2(4,5)1(6)7/h2-3H,1H3,(H,5,6);(H,6,7). The molecule has 7 heteroatoms. The van der Waals surface area contributed by atoms with E-state index in [0.717, 1.165) is 5.69 Å². The first-order chi connectivity index (χ1) is 5.84. The predicted molar refractivity (Wildman–Crippen MR) is 37.0 cm³/mol. The van der Waals surface area contributed by atoms with Gasteiger partial charge in [-0.1, -0.05) is 0 Å². The van der Waals surface area contributed by atoms with Gasteiger partial charge in [0.05, 0.1) is 12.0 Å². The average Bonchev–Trinajstić information content (AvgIpc) is 2.38. The Morgan fingerprint density at radius 2 is 2.08 bits per heavy atom. The molecule has 0 amide bonds. The maximum atomic E-state index is 10.6. The van der Waals surface area contributed by atoms with Gasteiger partial charge >= 0.3 is 12.1 Å². The number of carboxylic acids is 1. The number of carboxylic acid groups (broad SMARTS) is 1. The van der Waals surface area contributed by atoms with Crippen LogP contribution in [0.15, 0.2) is 12.5 Å². The summed E-state index contributed by atoms with van der Waals surface area (Å²) < 4.78 is 31.7. The summed E-state index contributed by atoms with van der Waals surface area (Å²) in [7, 11) is 0. The zero-order chi connectivity index (χ0) is 10.5. The Morgan fingerprint density at radius 1 is 1.62 bits per heavy atom. The van der Waals surface area contributed by atoms with Gasteiger partial charge in [0.1, 0.15) is 0 Å². The Labute approximate surface area is 71.4 Å². The lowest BCUT2D eigenvalue weighted by molar-refractivity contribution is -0.192. The molecule has 1 heterocycles. The summed E-state index contributed by atoms with van der Waals surface area (Å²) in [5.41, 5.74) is 1.04. The minimum Gasteiger partial charge on any atom is -0.475 e. The lowest BCUT2D eigenvalue weighted by Gasteiger charge is -1.93. The number of halogens is 3. The highest BCUT2D eigenvalue weighted by molar-refractivity contribution is 5.73. The van der Waals surface area contributed by atoms with Crippen LogP contribution >= 0.6 is 0 Å². The molecule has 0 saturated carbocycles. The van der Waals surface area contributed by atoms with Gasteiger partial charge in [-0.3, -0.25) is 0 Å². The van der Waals surface area contributed by atoms with E-state index in [1.807, 2.05) is 13.1 Å². The van der Waals surface area contributed by atoms with Crippen molar-refractivity contribution in [1.29, 1.82) is 0 Å². The predicted octanol–water partition coefficient (Wildman–Crippen LogP) is 1.35. The van der Waals surface area contributed by atoms with Gasteiger partial charge in [0.15, 0.2) is 0 Å². The van der Waals surface area contributed by atoms with Gasteiger partial charge in [-0.05, 0) is 6.92 Å². The number of hydrogen-bond donors (Lipinski definition) is 2. The van der Waals surface area contributed by atoms with Crippen LogP contribution in [0.5, 0.6) is 0 Å². The highest BCUT2D eigenvalue weighted by Gasteiger charge is 2.38. The number of aliphatic carboxylic acids is 1. The van der Waals surface area contributed by atoms with Gasteiger partial charge in [0.25, 0.3) is 0 Å². The van der Waals surface area contributed by atoms with Crippen molar-refractivity contribution in [2.45, 2.75) is 13.1 Å². The normalized spacial score (nSPS) is 10.2. The molecule has 0 unspecified atom stereocenters. The van der Waals surface area contributed by atoms with Crippen LogP contribution in [0.25, 0.3) is 0 Å². The van der Waals surface area contributed by atoms with Crippen molar-refractivity contribution in [1.82, 2.24) is 9.97 Å². The van der Waals surface area contributed by atoms with E-state index >= 15 is 0 Å². The topological polar surface area (TPSA) is 66.0 Å². The van der Waals surface area contributed by atoms with Crippen LogP contribution in [0.4, 0.5) is 13.2 Å². The first-order valence-corrected chi connectivity index (χ1v) is 3.09. The molecule has 2 N–H and O–H groups in total. The summed E-state index contributed by atoms with van der Waals surface area (Å²) >= 11 is 0. The maximum Gasteiger partial charge on any atom is 0.490 e. The van der Waals surface area contributed by atoms with Crippen molar-refractivity contribution >= 4 is 5.97 Å². The molecule has 74 valence electrons. The van der Waals surface area contributed by atoms with Gasteiger partial charge in [-0.2, -0.15) is 13.2 Å². The number of aromatic nitrogens is 2. The summed E-state index contributed by atoms with van der Waals surface area (Å²) in [5.74, 6) is -2.76. The molecular weight excluding hydrogens is 189 g/mol. The number of alkyl halides is 3. The summed E-state index contributed by atoms with van der Waals surface area (Å²) in [5, 5.41) is 7.12. The Balaban J connectivity index is 0.000000223. The van der Waals surface area contributed by atoms with Crippen LogP contribution in [0.2, 0.25) is 0 Å². The van der Waals surface area contributed by atoms with Crippen LogP contribution in [0.1, 0.15) is 5.69 Å². The third-order valence-corrected chi connectivity index (χ3v) is 0.877. The average molecular weight is 196 g/mol. The largest absolute Gasteiger partial charge is 0.490 e. The first-order valence-electron chi connectivity index (χ1n) is 3.09. The Morgan fingerprint density at radius 3 is 2.15 bits per heavy atom. The van der Waals surface area contributed by atoms with E-state index in [0.29, 0.717) is 0 Å². The molecule has 0 bridgehead atoms. The zero-order valence-electron chi connectivity index (χ0n) is 6.59. The number of nitrogens with zero attached hydrogens (tertiary/aromatic N) is 1. The lowest BCUT2D eigenvalue weighted by atomic mass is 10.6. The van der Waals surface area contributed by atoms with Crippen LogP contribution < -0.4 is 0 Å². The molecule has 0 spiro atoms. The Hall–Kier alpha value is -1.53. The summed E-state index contributed by atoms with van der Waals surface area (Å²) in [6, 6.07) is 0. The summed E-state index contributed by atoms with van der Waals surface area (Å²) in [6.07, 6.45) is -1.57. The molecule has 0 fully saturated rings. The molecule has 1 aromatic rings. The van der Waals surface area contributed by atoms with Crippen molar-refractivity contribution in [2.75, 3.05) is 0 Å². The molecule has 4 nitrogen and oxygen atoms in total. The molecule has 0 aliphatic rings. The fourth-order valence-corrected chi connectivity index (χ4v) is 0.334. The highest BCUT2D eigenvalue weighted by atomic mass is 19.4. The van der Waals surface area contributed by atoms with Gasteiger partial charge < -0.3 is 10.1 Å². The highest BCUT2D eigenvalue weighted by Crippen LogP contribution is 2.13. The van der Waals surface area contributed by atoms with Crippen LogP contribution in [-0.4, -0.2) is 27.2 Å². The minimum atomic E-state index is -5.08. The zero-order valence-corrected chi connectivity index (χ0v) is 6.59. The maximum absolute atomic E-state index is 10.6. The minimum absolute atomic E-state index is 1.04. The van der Waals surface area contributed by atoms with Crippen molar-refractivity contribution in [2.24, 2.45) is 0 Å². The van der Waals surface area contributed by atoms with Crippen molar-refractivity contribution in [3.8, 4) is 0 Å². The van der Waals surface area contributed by atoms with Crippen molar-refractivity contribution in [3.05, 3.63) is 18.2 Å². The number of aromatic amines is 1. The van der Waals surface area contributed by atoms with Gasteiger partial charge in [-0.25, -0.2) is 9.78 Å². The Bertz CT molecular complexity index is 255. The van der Waals surface area contributed by atoms with Crippen LogP contribution in [0, 0.1) is 6.92 Å². The fraction of sp³-hybridized carbons (Fsp3) is 0.333. The van der Waals surface area contributed by atoms with Crippen LogP contribution in [0.3, 0.4) is 0 Å². The van der Waals surface area contributed by atoms with Crippen LogP contribution in [-0.2, 0) is 4.79 Å². The SMILES string of the molecule is Cc1c[nH]cn1.O=C(O)C(F)(F)F. The molecule has 0 aromatic carbocycles. The van der Waals surface area contributed by atoms with Gasteiger partial charge in [-0.15, -0.1) is 0 Å². The smallest absolute Gasteiger partial charge is 0.475 e. The van der Waals surface area contributed by atoms with E-state index in [4.69, 9.17) is 9.90 Å². The number of hydrogen-bond acceptors (Lipinski definition) is 2. The molecule has 0 aliphatic heterocycles. The number of H-pyrrole nitrogens is 1. The number of aryl methyl sites for hydroxylation is 1. The first kappa shape index (κ1) is 11.5. The van der Waals surface area contributed by atoms with E-state index in [2.05, 4.69) is 9.97 Å². The summed E-state index contributed by atoms with van der Waals surface area (Å²) in [6.45, 7) is 1.94. The fourth-order valence-electron chi connectivity index (χ4n) is 0.334. The molecule has 1 aromatic heterocycles. The number of rotatable bonds is 0. The number of nitrogens with one attached hydrogen (secondary N) is 1. The molecule has 13 heavy (non-hydrogen) atoms. The molecule has 0 atom stereocenters. The quantitative estimate of drug-likeness (QED) is 0.658. The third kappa shape index (κ3) is 5.71. The molecule has 0 radical (unpaired) electrons. The van der Waals surface area contributed by atoms with E-state index in [-0.39, 0.29) is 0 Å². The monoisotopic (exact) mass is 196 g/mol. The number of imidazole rings is 1. The number of carbonyl (C=O) groups is 1. The Kier molecular flexibility index (Phi) is 3.96. The van der Waals surface area contributed by atoms with E-state index in [1.54, 1.807) is 6.33 Å². The van der Waals surface area contributed by atoms with E-state index in [1.165, 1.54) is 0 Å². The van der Waals surface area contributed by atoms with E-state index < -0.39 is 12.1 Å². The lowest BCUT2D eigenvalue weighted by Crippen LogP contribution is -2.21. The second kappa shape index (κ2) is 4.48. The molecule has 0 saturated heterocycles. The van der Waals surface area contributed by atoms with Crippen molar-refractivity contribution in [3.63, 3.8) is 0 Å². The second-order valence-electron chi connectivity index (χ2n) is 2.01. The summed E-state index contributed by atoms with van der Waals surface area (Å²) in [4.78, 5) is 15.6.